The molecule has 3 aromatic rings. The highest BCUT2D eigenvalue weighted by atomic mass is 16.5. The van der Waals surface area contributed by atoms with Gasteiger partial charge in [0.1, 0.15) is 18.1 Å². The first-order valence-corrected chi connectivity index (χ1v) is 8.03. The summed E-state index contributed by atoms with van der Waals surface area (Å²) < 4.78 is 6.92. The Morgan fingerprint density at radius 1 is 1.20 bits per heavy atom. The number of benzene rings is 2. The van der Waals surface area contributed by atoms with Crippen molar-refractivity contribution in [2.45, 2.75) is 13.0 Å². The number of nitrogens with one attached hydrogen (secondary N) is 2. The number of aromatic amines is 1. The van der Waals surface area contributed by atoms with Crippen LogP contribution in [0.5, 0.6) is 5.75 Å². The molecule has 1 amide bonds. The minimum atomic E-state index is -0.340. The Hall–Kier alpha value is -3.28. The number of carbonyl (C=O) groups is 1. The standard InChI is InChI=1S/C19H17N3O3/c1-12-6-8-13(9-7-12)22-18(23)10-15(21-22)19(24)20-16-11-25-17-5-3-2-4-14(16)17/h2-10,16,21H,11H2,1H3,(H,20,24)/t16-/m1/s1. The second-order valence-corrected chi connectivity index (χ2v) is 6.05. The van der Waals surface area contributed by atoms with Crippen molar-refractivity contribution < 1.29 is 9.53 Å². The largest absolute Gasteiger partial charge is 0.491 e. The van der Waals surface area contributed by atoms with Gasteiger partial charge < -0.3 is 10.1 Å². The molecule has 6 nitrogen and oxygen atoms in total. The predicted octanol–water partition coefficient (Wildman–Crippen LogP) is 2.34. The lowest BCUT2D eigenvalue weighted by Gasteiger charge is -2.10. The van der Waals surface area contributed by atoms with Gasteiger partial charge in [-0.05, 0) is 25.1 Å². The summed E-state index contributed by atoms with van der Waals surface area (Å²) in [4.78, 5) is 24.7. The Balaban J connectivity index is 1.57. The van der Waals surface area contributed by atoms with Crippen molar-refractivity contribution in [1.29, 1.82) is 0 Å². The summed E-state index contributed by atoms with van der Waals surface area (Å²) in [5.41, 5.74) is 2.66. The van der Waals surface area contributed by atoms with Crippen LogP contribution in [0.2, 0.25) is 0 Å². The lowest BCUT2D eigenvalue weighted by molar-refractivity contribution is 0.0925. The minimum Gasteiger partial charge on any atom is -0.491 e. The van der Waals surface area contributed by atoms with Crippen molar-refractivity contribution in [1.82, 2.24) is 15.1 Å². The molecular weight excluding hydrogens is 318 g/mol. The molecule has 0 spiro atoms. The monoisotopic (exact) mass is 335 g/mol. The topological polar surface area (TPSA) is 76.1 Å². The molecule has 2 N–H and O–H groups in total. The number of amides is 1. The molecule has 0 fully saturated rings. The van der Waals surface area contributed by atoms with Gasteiger partial charge in [-0.2, -0.15) is 0 Å². The number of para-hydroxylation sites is 1. The second kappa shape index (κ2) is 5.98. The van der Waals surface area contributed by atoms with Crippen LogP contribution in [0, 0.1) is 6.92 Å². The van der Waals surface area contributed by atoms with E-state index in [1.54, 1.807) is 0 Å². The van der Waals surface area contributed by atoms with Gasteiger partial charge in [-0.15, -0.1) is 0 Å². The molecule has 25 heavy (non-hydrogen) atoms. The average molecular weight is 335 g/mol. The third kappa shape index (κ3) is 2.82. The van der Waals surface area contributed by atoms with Crippen LogP contribution in [-0.4, -0.2) is 22.3 Å². The van der Waals surface area contributed by atoms with E-state index >= 15 is 0 Å². The Morgan fingerprint density at radius 2 is 1.96 bits per heavy atom. The number of carbonyl (C=O) groups excluding carboxylic acids is 1. The highest BCUT2D eigenvalue weighted by molar-refractivity contribution is 5.92. The van der Waals surface area contributed by atoms with Gasteiger partial charge >= 0.3 is 0 Å². The molecule has 0 saturated heterocycles. The van der Waals surface area contributed by atoms with E-state index in [0.717, 1.165) is 16.9 Å². The summed E-state index contributed by atoms with van der Waals surface area (Å²) in [6, 6.07) is 16.2. The van der Waals surface area contributed by atoms with Gasteiger partial charge in [0.05, 0.1) is 11.7 Å². The van der Waals surface area contributed by atoms with Gasteiger partial charge in [0.15, 0.2) is 0 Å². The molecule has 0 saturated carbocycles. The van der Waals surface area contributed by atoms with Gasteiger partial charge in [-0.3, -0.25) is 14.7 Å². The number of ether oxygens (including phenoxy) is 1. The number of hydrogen-bond donors (Lipinski definition) is 2. The summed E-state index contributed by atoms with van der Waals surface area (Å²) in [6.45, 7) is 2.36. The van der Waals surface area contributed by atoms with Crippen LogP contribution in [0.3, 0.4) is 0 Å². The van der Waals surface area contributed by atoms with E-state index in [2.05, 4.69) is 10.4 Å². The molecule has 126 valence electrons. The van der Waals surface area contributed by atoms with Crippen molar-refractivity contribution in [2.75, 3.05) is 6.61 Å². The van der Waals surface area contributed by atoms with E-state index in [1.165, 1.54) is 10.7 Å². The number of aromatic nitrogens is 2. The molecule has 1 atom stereocenters. The van der Waals surface area contributed by atoms with Crippen molar-refractivity contribution in [2.24, 2.45) is 0 Å². The fourth-order valence-corrected chi connectivity index (χ4v) is 2.92. The second-order valence-electron chi connectivity index (χ2n) is 6.05. The van der Waals surface area contributed by atoms with Crippen LogP contribution in [0.15, 0.2) is 59.4 Å². The van der Waals surface area contributed by atoms with Crippen molar-refractivity contribution >= 4 is 5.91 Å². The molecule has 2 aromatic carbocycles. The van der Waals surface area contributed by atoms with Crippen LogP contribution >= 0.6 is 0 Å². The highest BCUT2D eigenvalue weighted by Gasteiger charge is 2.26. The molecule has 1 aliphatic rings. The van der Waals surface area contributed by atoms with Gasteiger partial charge in [0.2, 0.25) is 0 Å². The molecule has 0 unspecified atom stereocenters. The molecule has 4 rings (SSSR count). The van der Waals surface area contributed by atoms with E-state index in [1.807, 2.05) is 55.5 Å². The Morgan fingerprint density at radius 3 is 2.76 bits per heavy atom. The smallest absolute Gasteiger partial charge is 0.271 e. The lowest BCUT2D eigenvalue weighted by Crippen LogP contribution is -2.29. The Kier molecular flexibility index (Phi) is 3.65. The third-order valence-corrected chi connectivity index (χ3v) is 4.26. The highest BCUT2D eigenvalue weighted by Crippen LogP contribution is 2.31. The maximum Gasteiger partial charge on any atom is 0.271 e. The quantitative estimate of drug-likeness (QED) is 0.771. The zero-order chi connectivity index (χ0) is 17.4. The normalized spacial score (nSPS) is 15.5. The number of fused-ring (bicyclic) bond motifs is 1. The number of rotatable bonds is 3. The zero-order valence-corrected chi connectivity index (χ0v) is 13.7. The zero-order valence-electron chi connectivity index (χ0n) is 13.7. The SMILES string of the molecule is Cc1ccc(-n2[nH]c(C(=O)N[C@@H]3COc4ccccc43)cc2=O)cc1. The van der Waals surface area contributed by atoms with Crippen molar-refractivity contribution in [3.8, 4) is 11.4 Å². The van der Waals surface area contributed by atoms with E-state index in [-0.39, 0.29) is 23.2 Å². The lowest BCUT2D eigenvalue weighted by atomic mass is 10.1. The first-order chi connectivity index (χ1) is 12.1. The minimum absolute atomic E-state index is 0.218. The van der Waals surface area contributed by atoms with Gasteiger partial charge in [-0.25, -0.2) is 4.68 Å². The number of nitrogens with zero attached hydrogens (tertiary/aromatic N) is 1. The molecular formula is C19H17N3O3. The summed E-state index contributed by atoms with van der Waals surface area (Å²) in [6.07, 6.45) is 0. The molecule has 0 aliphatic carbocycles. The van der Waals surface area contributed by atoms with Gasteiger partial charge in [0.25, 0.3) is 11.5 Å². The Labute approximate surface area is 144 Å². The fourth-order valence-electron chi connectivity index (χ4n) is 2.92. The van der Waals surface area contributed by atoms with Crippen LogP contribution < -0.4 is 15.6 Å². The van der Waals surface area contributed by atoms with Crippen LogP contribution in [0.4, 0.5) is 0 Å². The van der Waals surface area contributed by atoms with E-state index < -0.39 is 0 Å². The first-order valence-electron chi connectivity index (χ1n) is 8.03. The number of H-pyrrole nitrogens is 1. The van der Waals surface area contributed by atoms with Gasteiger partial charge in [0, 0.05) is 11.6 Å². The van der Waals surface area contributed by atoms with Crippen molar-refractivity contribution in [3.63, 3.8) is 0 Å². The van der Waals surface area contributed by atoms with E-state index in [4.69, 9.17) is 4.74 Å². The van der Waals surface area contributed by atoms with Crippen molar-refractivity contribution in [3.05, 3.63) is 81.8 Å². The molecule has 2 heterocycles. The summed E-state index contributed by atoms with van der Waals surface area (Å²) in [7, 11) is 0. The summed E-state index contributed by atoms with van der Waals surface area (Å²) in [5, 5.41) is 5.77. The van der Waals surface area contributed by atoms with E-state index in [9.17, 15) is 9.59 Å². The maximum atomic E-state index is 12.5. The van der Waals surface area contributed by atoms with Crippen LogP contribution in [-0.2, 0) is 0 Å². The maximum absolute atomic E-state index is 12.5. The molecule has 1 aliphatic heterocycles. The van der Waals surface area contributed by atoms with Gasteiger partial charge in [-0.1, -0.05) is 35.9 Å². The number of aryl methyl sites for hydroxylation is 1. The van der Waals surface area contributed by atoms with E-state index in [0.29, 0.717) is 12.3 Å². The molecule has 6 heteroatoms. The third-order valence-electron chi connectivity index (χ3n) is 4.26. The van der Waals surface area contributed by atoms with Crippen LogP contribution in [0.25, 0.3) is 5.69 Å². The summed E-state index contributed by atoms with van der Waals surface area (Å²) >= 11 is 0. The predicted molar refractivity (Wildman–Crippen MR) is 93.3 cm³/mol. The molecule has 1 aromatic heterocycles. The average Bonchev–Trinajstić information content (AvgIpc) is 3.20. The number of hydrogen-bond acceptors (Lipinski definition) is 3. The Bertz CT molecular complexity index is 986. The fraction of sp³-hybridized carbons (Fsp3) is 0.158. The summed E-state index contributed by atoms with van der Waals surface area (Å²) in [5.74, 6) is 0.437. The van der Waals surface area contributed by atoms with Crippen LogP contribution in [0.1, 0.15) is 27.7 Å². The first kappa shape index (κ1) is 15.3. The molecule has 0 bridgehead atoms. The molecule has 0 radical (unpaired) electrons.